The number of anilines is 1. The van der Waals surface area contributed by atoms with Crippen LogP contribution in [0.1, 0.15) is 12.0 Å². The highest BCUT2D eigenvalue weighted by molar-refractivity contribution is 5.76. The van der Waals surface area contributed by atoms with Crippen molar-refractivity contribution in [1.29, 1.82) is 0 Å². The molecule has 2 heterocycles. The molecule has 2 aliphatic rings. The Morgan fingerprint density at radius 3 is 2.29 bits per heavy atom. The number of ether oxygens (including phenoxy) is 1. The standard InChI is InChI=1S/C19H29N3O2/c1-20(2)18-6-4-15(5-7-18)10-21-11-16-13-22(14-17(16)12-21)19(23)8-9-24-3/h4-7,16-17H,8-14H2,1-3H3. The molecule has 0 aromatic heterocycles. The zero-order chi connectivity index (χ0) is 17.1. The van der Waals surface area contributed by atoms with Crippen LogP contribution in [0.4, 0.5) is 5.69 Å². The van der Waals surface area contributed by atoms with Gasteiger partial charge in [-0.25, -0.2) is 0 Å². The van der Waals surface area contributed by atoms with Gasteiger partial charge in [0.25, 0.3) is 0 Å². The molecule has 2 aliphatic heterocycles. The number of amides is 1. The van der Waals surface area contributed by atoms with E-state index < -0.39 is 0 Å². The Bertz CT molecular complexity index is 544. The van der Waals surface area contributed by atoms with Gasteiger partial charge in [0.2, 0.25) is 5.91 Å². The van der Waals surface area contributed by atoms with Gasteiger partial charge in [-0.15, -0.1) is 0 Å². The van der Waals surface area contributed by atoms with Crippen molar-refractivity contribution in [3.05, 3.63) is 29.8 Å². The lowest BCUT2D eigenvalue weighted by molar-refractivity contribution is -0.131. The highest BCUT2D eigenvalue weighted by Crippen LogP contribution is 2.32. The molecule has 1 aromatic rings. The van der Waals surface area contributed by atoms with E-state index in [4.69, 9.17) is 4.74 Å². The second kappa shape index (κ2) is 7.53. The summed E-state index contributed by atoms with van der Waals surface area (Å²) in [5.74, 6) is 1.52. The van der Waals surface area contributed by atoms with Crippen molar-refractivity contribution in [2.24, 2.45) is 11.8 Å². The van der Waals surface area contributed by atoms with Crippen LogP contribution in [0.5, 0.6) is 0 Å². The molecular weight excluding hydrogens is 302 g/mol. The smallest absolute Gasteiger partial charge is 0.224 e. The number of hydrogen-bond donors (Lipinski definition) is 0. The fourth-order valence-corrected chi connectivity index (χ4v) is 3.93. The molecule has 0 bridgehead atoms. The lowest BCUT2D eigenvalue weighted by Crippen LogP contribution is -2.33. The van der Waals surface area contributed by atoms with Crippen molar-refractivity contribution >= 4 is 11.6 Å². The van der Waals surface area contributed by atoms with E-state index in [1.54, 1.807) is 7.11 Å². The zero-order valence-corrected chi connectivity index (χ0v) is 15.1. The van der Waals surface area contributed by atoms with Gasteiger partial charge in [0.05, 0.1) is 13.0 Å². The van der Waals surface area contributed by atoms with Gasteiger partial charge in [0.15, 0.2) is 0 Å². The first-order valence-corrected chi connectivity index (χ1v) is 8.82. The third-order valence-corrected chi connectivity index (χ3v) is 5.29. The van der Waals surface area contributed by atoms with E-state index in [1.165, 1.54) is 11.3 Å². The second-order valence-corrected chi connectivity index (χ2v) is 7.32. The summed E-state index contributed by atoms with van der Waals surface area (Å²) in [5, 5.41) is 0. The molecule has 1 amide bonds. The van der Waals surface area contributed by atoms with Gasteiger partial charge in [-0.1, -0.05) is 12.1 Å². The molecule has 0 N–H and O–H groups in total. The summed E-state index contributed by atoms with van der Waals surface area (Å²) < 4.78 is 5.01. The molecule has 24 heavy (non-hydrogen) atoms. The first-order valence-electron chi connectivity index (χ1n) is 8.82. The number of likely N-dealkylation sites (tertiary alicyclic amines) is 2. The highest BCUT2D eigenvalue weighted by Gasteiger charge is 2.41. The molecule has 1 aromatic carbocycles. The van der Waals surface area contributed by atoms with Gasteiger partial charge in [0.1, 0.15) is 0 Å². The molecule has 5 nitrogen and oxygen atoms in total. The summed E-state index contributed by atoms with van der Waals surface area (Å²) in [6.45, 7) is 5.59. The predicted octanol–water partition coefficient (Wildman–Crippen LogP) is 1.68. The Balaban J connectivity index is 1.49. The van der Waals surface area contributed by atoms with Crippen LogP contribution < -0.4 is 4.90 Å². The molecule has 2 fully saturated rings. The van der Waals surface area contributed by atoms with E-state index in [0.29, 0.717) is 24.9 Å². The lowest BCUT2D eigenvalue weighted by Gasteiger charge is -2.22. The van der Waals surface area contributed by atoms with Crippen LogP contribution in [0.3, 0.4) is 0 Å². The van der Waals surface area contributed by atoms with E-state index in [1.807, 2.05) is 4.90 Å². The molecule has 2 unspecified atom stereocenters. The third-order valence-electron chi connectivity index (χ3n) is 5.29. The summed E-state index contributed by atoms with van der Waals surface area (Å²) in [5.41, 5.74) is 2.61. The summed E-state index contributed by atoms with van der Waals surface area (Å²) in [6, 6.07) is 8.82. The van der Waals surface area contributed by atoms with Crippen molar-refractivity contribution in [2.75, 3.05) is 58.9 Å². The molecule has 0 spiro atoms. The molecule has 3 rings (SSSR count). The van der Waals surface area contributed by atoms with Crippen LogP contribution in [-0.4, -0.2) is 69.7 Å². The van der Waals surface area contributed by atoms with E-state index >= 15 is 0 Å². The Hall–Kier alpha value is -1.59. The van der Waals surface area contributed by atoms with E-state index in [-0.39, 0.29) is 5.91 Å². The van der Waals surface area contributed by atoms with Crippen LogP contribution in [0.25, 0.3) is 0 Å². The fourth-order valence-electron chi connectivity index (χ4n) is 3.93. The van der Waals surface area contributed by atoms with Crippen molar-refractivity contribution in [1.82, 2.24) is 9.80 Å². The second-order valence-electron chi connectivity index (χ2n) is 7.32. The summed E-state index contributed by atoms with van der Waals surface area (Å²) >= 11 is 0. The van der Waals surface area contributed by atoms with Crippen molar-refractivity contribution in [3.63, 3.8) is 0 Å². The minimum Gasteiger partial charge on any atom is -0.384 e. The monoisotopic (exact) mass is 331 g/mol. The Morgan fingerprint density at radius 1 is 1.12 bits per heavy atom. The number of carbonyl (C=O) groups excluding carboxylic acids is 1. The average Bonchev–Trinajstić information content (AvgIpc) is 3.11. The summed E-state index contributed by atoms with van der Waals surface area (Å²) in [6.07, 6.45) is 0.512. The summed E-state index contributed by atoms with van der Waals surface area (Å²) in [4.78, 5) is 18.8. The molecule has 5 heteroatoms. The van der Waals surface area contributed by atoms with Gasteiger partial charge in [-0.3, -0.25) is 9.69 Å². The highest BCUT2D eigenvalue weighted by atomic mass is 16.5. The molecule has 2 atom stereocenters. The fraction of sp³-hybridized carbons (Fsp3) is 0.632. The average molecular weight is 331 g/mol. The third kappa shape index (κ3) is 3.90. The molecule has 0 radical (unpaired) electrons. The van der Waals surface area contributed by atoms with E-state index in [0.717, 1.165) is 32.7 Å². The lowest BCUT2D eigenvalue weighted by atomic mass is 10.0. The predicted molar refractivity (Wildman–Crippen MR) is 96.1 cm³/mol. The van der Waals surface area contributed by atoms with Gasteiger partial charge >= 0.3 is 0 Å². The molecule has 2 saturated heterocycles. The quantitative estimate of drug-likeness (QED) is 0.795. The first kappa shape index (κ1) is 17.2. The van der Waals surface area contributed by atoms with E-state index in [9.17, 15) is 4.79 Å². The van der Waals surface area contributed by atoms with Crippen molar-refractivity contribution in [2.45, 2.75) is 13.0 Å². The number of benzene rings is 1. The van der Waals surface area contributed by atoms with Crippen LogP contribution in [0.15, 0.2) is 24.3 Å². The Morgan fingerprint density at radius 2 is 1.75 bits per heavy atom. The van der Waals surface area contributed by atoms with Crippen LogP contribution in [-0.2, 0) is 16.1 Å². The SMILES string of the molecule is COCCC(=O)N1CC2CN(Cc3ccc(N(C)C)cc3)CC2C1. The van der Waals surface area contributed by atoms with Gasteiger partial charge < -0.3 is 14.5 Å². The Kier molecular flexibility index (Phi) is 5.41. The van der Waals surface area contributed by atoms with Crippen LogP contribution in [0, 0.1) is 11.8 Å². The van der Waals surface area contributed by atoms with Crippen molar-refractivity contribution < 1.29 is 9.53 Å². The van der Waals surface area contributed by atoms with Crippen LogP contribution >= 0.6 is 0 Å². The number of carbonyl (C=O) groups is 1. The zero-order valence-electron chi connectivity index (χ0n) is 15.1. The van der Waals surface area contributed by atoms with Crippen LogP contribution in [0.2, 0.25) is 0 Å². The topological polar surface area (TPSA) is 36.0 Å². The molecule has 0 aliphatic carbocycles. The normalized spacial score (nSPS) is 23.5. The maximum atomic E-state index is 12.1. The minimum atomic E-state index is 0.247. The molecule has 132 valence electrons. The van der Waals surface area contributed by atoms with Gasteiger partial charge in [-0.05, 0) is 29.5 Å². The Labute approximate surface area is 145 Å². The number of nitrogens with zero attached hydrogens (tertiary/aromatic N) is 3. The maximum absolute atomic E-state index is 12.1. The first-order chi connectivity index (χ1) is 11.6. The summed E-state index contributed by atoms with van der Waals surface area (Å²) in [7, 11) is 5.78. The molecule has 0 saturated carbocycles. The maximum Gasteiger partial charge on any atom is 0.224 e. The van der Waals surface area contributed by atoms with E-state index in [2.05, 4.69) is 48.2 Å². The minimum absolute atomic E-state index is 0.247. The van der Waals surface area contributed by atoms with Gasteiger partial charge in [-0.2, -0.15) is 0 Å². The largest absolute Gasteiger partial charge is 0.384 e. The molecular formula is C19H29N3O2. The number of methoxy groups -OCH3 is 1. The number of fused-ring (bicyclic) bond motifs is 1. The number of rotatable bonds is 6. The number of hydrogen-bond acceptors (Lipinski definition) is 4. The van der Waals surface area contributed by atoms with Gasteiger partial charge in [0, 0.05) is 59.6 Å². The van der Waals surface area contributed by atoms with Crippen molar-refractivity contribution in [3.8, 4) is 0 Å².